The fourth-order valence-electron chi connectivity index (χ4n) is 3.00. The Bertz CT molecular complexity index is 857. The van der Waals surface area contributed by atoms with Gasteiger partial charge in [-0.3, -0.25) is 4.79 Å². The number of carbonyl (C=O) groups excluding carboxylic acids is 2. The van der Waals surface area contributed by atoms with Crippen LogP contribution in [0.4, 0.5) is 4.79 Å². The highest BCUT2D eigenvalue weighted by atomic mass is 16.6. The molecule has 1 heterocycles. The second kappa shape index (κ2) is 6.27. The zero-order valence-electron chi connectivity index (χ0n) is 14.8. The molecule has 2 aromatic carbocycles. The van der Waals surface area contributed by atoms with Crippen LogP contribution in [0.15, 0.2) is 24.3 Å². The van der Waals surface area contributed by atoms with Crippen LogP contribution in [0.2, 0.25) is 0 Å². The van der Waals surface area contributed by atoms with Gasteiger partial charge in [0.2, 0.25) is 0 Å². The van der Waals surface area contributed by atoms with Crippen molar-refractivity contribution in [2.24, 2.45) is 0 Å². The molecular formula is C19H21NO5. The molecule has 1 aliphatic heterocycles. The number of rotatable bonds is 2. The summed E-state index contributed by atoms with van der Waals surface area (Å²) >= 11 is 0. The van der Waals surface area contributed by atoms with Crippen molar-refractivity contribution in [1.82, 2.24) is 5.32 Å². The van der Waals surface area contributed by atoms with Crippen molar-refractivity contribution in [3.05, 3.63) is 29.8 Å². The molecule has 2 aromatic rings. The zero-order chi connectivity index (χ0) is 18.2. The maximum Gasteiger partial charge on any atom is 0.412 e. The van der Waals surface area contributed by atoms with Gasteiger partial charge in [-0.1, -0.05) is 24.3 Å². The minimum absolute atomic E-state index is 0.229. The Balaban J connectivity index is 2.32. The number of hydrogen-bond donors (Lipinski definition) is 1. The Morgan fingerprint density at radius 3 is 2.44 bits per heavy atom. The van der Waals surface area contributed by atoms with E-state index in [-0.39, 0.29) is 17.1 Å². The van der Waals surface area contributed by atoms with Crippen LogP contribution >= 0.6 is 0 Å². The number of hydrogen-bond acceptors (Lipinski definition) is 5. The smallest absolute Gasteiger partial charge is 0.412 e. The van der Waals surface area contributed by atoms with Crippen molar-refractivity contribution in [2.45, 2.75) is 39.2 Å². The highest BCUT2D eigenvalue weighted by molar-refractivity contribution is 5.99. The topological polar surface area (TPSA) is 73.9 Å². The average molecular weight is 343 g/mol. The molecule has 25 heavy (non-hydrogen) atoms. The summed E-state index contributed by atoms with van der Waals surface area (Å²) in [6, 6.07) is 7.44. The molecule has 0 radical (unpaired) electrons. The molecule has 0 unspecified atom stereocenters. The number of fused-ring (bicyclic) bond motifs is 3. The molecule has 0 spiro atoms. The van der Waals surface area contributed by atoms with Crippen molar-refractivity contribution < 1.29 is 23.8 Å². The van der Waals surface area contributed by atoms with Crippen molar-refractivity contribution >= 4 is 22.8 Å². The molecule has 1 N–H and O–H groups in total. The number of nitrogens with one attached hydrogen (secondary N) is 1. The van der Waals surface area contributed by atoms with Gasteiger partial charge >= 0.3 is 12.1 Å². The van der Waals surface area contributed by atoms with Gasteiger partial charge in [0.15, 0.2) is 11.5 Å². The quantitative estimate of drug-likeness (QED) is 0.666. The first-order chi connectivity index (χ1) is 11.8. The predicted octanol–water partition coefficient (Wildman–Crippen LogP) is 3.59. The Hall–Kier alpha value is -2.76. The van der Waals surface area contributed by atoms with Crippen LogP contribution in [0, 0.1) is 0 Å². The van der Waals surface area contributed by atoms with Crippen molar-refractivity contribution in [3.63, 3.8) is 0 Å². The summed E-state index contributed by atoms with van der Waals surface area (Å²) in [4.78, 5) is 23.5. The van der Waals surface area contributed by atoms with Crippen molar-refractivity contribution in [1.29, 1.82) is 0 Å². The van der Waals surface area contributed by atoms with Gasteiger partial charge in [0.25, 0.3) is 0 Å². The lowest BCUT2D eigenvalue weighted by molar-refractivity contribution is -0.132. The van der Waals surface area contributed by atoms with Gasteiger partial charge in [0.05, 0.1) is 0 Å². The van der Waals surface area contributed by atoms with Gasteiger partial charge in [-0.15, -0.1) is 0 Å². The standard InChI is InChI=1S/C19H21NO5/c1-11(21)23-17-14-9-10-19(2,3)25-15(14)12-7-5-6-8-13(12)16(17)24-18(22)20-4/h5-8H,9-10H2,1-4H3,(H,20,22). The van der Waals surface area contributed by atoms with Crippen LogP contribution in [0.25, 0.3) is 10.8 Å². The lowest BCUT2D eigenvalue weighted by atomic mass is 9.91. The van der Waals surface area contributed by atoms with Crippen molar-refractivity contribution in [2.75, 3.05) is 7.05 Å². The van der Waals surface area contributed by atoms with E-state index in [4.69, 9.17) is 14.2 Å². The van der Waals surface area contributed by atoms with Gasteiger partial charge in [0, 0.05) is 30.3 Å². The predicted molar refractivity (Wildman–Crippen MR) is 93.4 cm³/mol. The van der Waals surface area contributed by atoms with Crippen molar-refractivity contribution in [3.8, 4) is 17.2 Å². The third-order valence-corrected chi connectivity index (χ3v) is 4.17. The van der Waals surface area contributed by atoms with E-state index >= 15 is 0 Å². The summed E-state index contributed by atoms with van der Waals surface area (Å²) in [5.41, 5.74) is 0.416. The highest BCUT2D eigenvalue weighted by Gasteiger charge is 2.33. The van der Waals surface area contributed by atoms with Gasteiger partial charge < -0.3 is 19.5 Å². The summed E-state index contributed by atoms with van der Waals surface area (Å²) < 4.78 is 17.1. The molecule has 0 saturated carbocycles. The molecule has 1 aliphatic rings. The normalized spacial score (nSPS) is 15.0. The lowest BCUT2D eigenvalue weighted by Gasteiger charge is -2.34. The van der Waals surface area contributed by atoms with Gasteiger partial charge in [-0.05, 0) is 26.7 Å². The van der Waals surface area contributed by atoms with Gasteiger partial charge in [-0.25, -0.2) is 4.79 Å². The van der Waals surface area contributed by atoms with E-state index in [0.29, 0.717) is 17.6 Å². The molecule has 0 aliphatic carbocycles. The first-order valence-electron chi connectivity index (χ1n) is 8.17. The Kier molecular flexibility index (Phi) is 4.29. The summed E-state index contributed by atoms with van der Waals surface area (Å²) in [6.45, 7) is 5.36. The van der Waals surface area contributed by atoms with E-state index in [9.17, 15) is 9.59 Å². The lowest BCUT2D eigenvalue weighted by Crippen LogP contribution is -2.33. The number of amides is 1. The molecular weight excluding hydrogens is 322 g/mol. The van der Waals surface area contributed by atoms with E-state index < -0.39 is 12.1 Å². The maximum atomic E-state index is 11.8. The minimum atomic E-state index is -0.629. The first-order valence-corrected chi connectivity index (χ1v) is 8.17. The number of ether oxygens (including phenoxy) is 3. The molecule has 0 fully saturated rings. The fraction of sp³-hybridized carbons (Fsp3) is 0.368. The van der Waals surface area contributed by atoms with Crippen LogP contribution in [-0.2, 0) is 11.2 Å². The summed E-state index contributed by atoms with van der Waals surface area (Å²) in [5, 5.41) is 3.89. The van der Waals surface area contributed by atoms with E-state index in [1.807, 2.05) is 38.1 Å². The SMILES string of the molecule is CNC(=O)Oc1c(OC(C)=O)c2c(c3ccccc13)OC(C)(C)CC2. The van der Waals surface area contributed by atoms with E-state index in [1.165, 1.54) is 14.0 Å². The van der Waals surface area contributed by atoms with Crippen LogP contribution in [0.1, 0.15) is 32.8 Å². The van der Waals surface area contributed by atoms with Gasteiger partial charge in [-0.2, -0.15) is 0 Å². The molecule has 1 amide bonds. The molecule has 6 nitrogen and oxygen atoms in total. The monoisotopic (exact) mass is 343 g/mol. The van der Waals surface area contributed by atoms with Gasteiger partial charge in [0.1, 0.15) is 11.4 Å². The number of carbonyl (C=O) groups is 2. The average Bonchev–Trinajstić information content (AvgIpc) is 2.56. The second-order valence-electron chi connectivity index (χ2n) is 6.61. The first kappa shape index (κ1) is 17.1. The molecule has 0 saturated heterocycles. The molecule has 0 atom stereocenters. The second-order valence-corrected chi connectivity index (χ2v) is 6.61. The minimum Gasteiger partial charge on any atom is -0.487 e. The third-order valence-electron chi connectivity index (χ3n) is 4.17. The third kappa shape index (κ3) is 3.24. The molecule has 6 heteroatoms. The molecule has 132 valence electrons. The largest absolute Gasteiger partial charge is 0.487 e. The van der Waals surface area contributed by atoms with E-state index in [0.717, 1.165) is 17.4 Å². The summed E-state index contributed by atoms with van der Waals surface area (Å²) in [6.07, 6.45) is 0.780. The maximum absolute atomic E-state index is 11.8. The molecule has 3 rings (SSSR count). The molecule has 0 aromatic heterocycles. The Labute approximate surface area is 146 Å². The van der Waals surface area contributed by atoms with E-state index in [2.05, 4.69) is 5.32 Å². The summed E-state index contributed by atoms with van der Waals surface area (Å²) in [5.74, 6) is 0.670. The van der Waals surface area contributed by atoms with E-state index in [1.54, 1.807) is 0 Å². The zero-order valence-corrected chi connectivity index (χ0v) is 14.8. The van der Waals surface area contributed by atoms with Crippen LogP contribution in [0.5, 0.6) is 17.2 Å². The Morgan fingerprint density at radius 2 is 1.80 bits per heavy atom. The number of esters is 1. The summed E-state index contributed by atoms with van der Waals surface area (Å²) in [7, 11) is 1.47. The van der Waals surface area contributed by atoms with Crippen LogP contribution in [0.3, 0.4) is 0 Å². The van der Waals surface area contributed by atoms with Crippen LogP contribution in [-0.4, -0.2) is 24.7 Å². The Morgan fingerprint density at radius 1 is 1.12 bits per heavy atom. The fourth-order valence-corrected chi connectivity index (χ4v) is 3.00. The number of benzene rings is 2. The molecule has 0 bridgehead atoms. The highest BCUT2D eigenvalue weighted by Crippen LogP contribution is 2.50. The van der Waals surface area contributed by atoms with Crippen LogP contribution < -0.4 is 19.5 Å².